The van der Waals surface area contributed by atoms with Gasteiger partial charge in [-0.2, -0.15) is 0 Å². The molecule has 1 aliphatic rings. The van der Waals surface area contributed by atoms with Crippen LogP contribution in [0.15, 0.2) is 35.8 Å². The van der Waals surface area contributed by atoms with Gasteiger partial charge in [-0.3, -0.25) is 4.90 Å². The fourth-order valence-electron chi connectivity index (χ4n) is 2.64. The highest BCUT2D eigenvalue weighted by molar-refractivity contribution is 7.09. The number of ether oxygens (including phenoxy) is 1. The van der Waals surface area contributed by atoms with E-state index in [1.807, 2.05) is 17.6 Å². The molecule has 1 aromatic carbocycles. The fourth-order valence-corrected chi connectivity index (χ4v) is 3.30. The molecule has 0 unspecified atom stereocenters. The second-order valence-electron chi connectivity index (χ2n) is 5.33. The lowest BCUT2D eigenvalue weighted by molar-refractivity contribution is -0.0130. The Kier molecular flexibility index (Phi) is 4.95. The lowest BCUT2D eigenvalue weighted by Gasteiger charge is -2.32. The molecule has 1 atom stereocenters. The summed E-state index contributed by atoms with van der Waals surface area (Å²) in [6.45, 7) is 3.22. The number of halogens is 1. The first-order valence-electron chi connectivity index (χ1n) is 7.27. The number of nitrogens with zero attached hydrogens (tertiary/aromatic N) is 2. The standard InChI is InChI=1S/C16H19FN2OS/c17-15-6-2-1-4-13(15)12-20-14-5-3-8-19(10-14)11-16-18-7-9-21-16/h1-2,4,6-7,9,14H,3,5,8,10-12H2/t14-/m0/s1. The SMILES string of the molecule is Fc1ccccc1CO[C@H]1CCCN(Cc2nccs2)C1. The van der Waals surface area contributed by atoms with Crippen molar-refractivity contribution in [2.24, 2.45) is 0 Å². The Labute approximate surface area is 128 Å². The maximum Gasteiger partial charge on any atom is 0.128 e. The van der Waals surface area contributed by atoms with Crippen LogP contribution in [0.5, 0.6) is 0 Å². The summed E-state index contributed by atoms with van der Waals surface area (Å²) in [4.78, 5) is 6.70. The van der Waals surface area contributed by atoms with Gasteiger partial charge in [-0.15, -0.1) is 11.3 Å². The van der Waals surface area contributed by atoms with E-state index in [-0.39, 0.29) is 11.9 Å². The third kappa shape index (κ3) is 4.09. The number of hydrogen-bond donors (Lipinski definition) is 0. The van der Waals surface area contributed by atoms with Gasteiger partial charge in [0.2, 0.25) is 0 Å². The highest BCUT2D eigenvalue weighted by Crippen LogP contribution is 2.18. The molecular formula is C16H19FN2OS. The first-order chi connectivity index (χ1) is 10.3. The highest BCUT2D eigenvalue weighted by Gasteiger charge is 2.21. The molecule has 1 aliphatic heterocycles. The molecular weight excluding hydrogens is 287 g/mol. The molecule has 0 aliphatic carbocycles. The van der Waals surface area contributed by atoms with Gasteiger partial charge in [-0.25, -0.2) is 9.37 Å². The zero-order valence-corrected chi connectivity index (χ0v) is 12.7. The van der Waals surface area contributed by atoms with Gasteiger partial charge in [0.05, 0.1) is 19.3 Å². The predicted octanol–water partition coefficient (Wildman–Crippen LogP) is 3.46. The molecule has 0 spiro atoms. The molecule has 1 aromatic heterocycles. The molecule has 2 aromatic rings. The van der Waals surface area contributed by atoms with Crippen LogP contribution in [-0.4, -0.2) is 29.1 Å². The van der Waals surface area contributed by atoms with Crippen LogP contribution in [0.25, 0.3) is 0 Å². The van der Waals surface area contributed by atoms with E-state index in [0.717, 1.165) is 37.5 Å². The van der Waals surface area contributed by atoms with E-state index in [9.17, 15) is 4.39 Å². The van der Waals surface area contributed by atoms with Gasteiger partial charge < -0.3 is 4.74 Å². The number of benzene rings is 1. The third-order valence-corrected chi connectivity index (χ3v) is 4.50. The van der Waals surface area contributed by atoms with Gasteiger partial charge in [0, 0.05) is 23.7 Å². The zero-order chi connectivity index (χ0) is 14.5. The van der Waals surface area contributed by atoms with E-state index < -0.39 is 0 Å². The normalized spacial score (nSPS) is 19.8. The van der Waals surface area contributed by atoms with Crippen molar-refractivity contribution in [2.45, 2.75) is 32.1 Å². The average molecular weight is 306 g/mol. The van der Waals surface area contributed by atoms with Crippen LogP contribution in [0.4, 0.5) is 4.39 Å². The lowest BCUT2D eigenvalue weighted by atomic mass is 10.1. The van der Waals surface area contributed by atoms with Crippen molar-refractivity contribution < 1.29 is 9.13 Å². The molecule has 2 heterocycles. The number of aromatic nitrogens is 1. The largest absolute Gasteiger partial charge is 0.372 e. The first kappa shape index (κ1) is 14.6. The van der Waals surface area contributed by atoms with Crippen molar-refractivity contribution >= 4 is 11.3 Å². The number of thiazole rings is 1. The lowest BCUT2D eigenvalue weighted by Crippen LogP contribution is -2.39. The van der Waals surface area contributed by atoms with Crippen LogP contribution in [0, 0.1) is 5.82 Å². The van der Waals surface area contributed by atoms with Gasteiger partial charge in [-0.1, -0.05) is 18.2 Å². The minimum absolute atomic E-state index is 0.179. The Hall–Kier alpha value is -1.30. The van der Waals surface area contributed by atoms with Crippen LogP contribution < -0.4 is 0 Å². The molecule has 0 radical (unpaired) electrons. The van der Waals surface area contributed by atoms with Crippen molar-refractivity contribution in [2.75, 3.05) is 13.1 Å². The molecule has 3 nitrogen and oxygen atoms in total. The Morgan fingerprint density at radius 1 is 1.38 bits per heavy atom. The average Bonchev–Trinajstić information content (AvgIpc) is 3.00. The second-order valence-corrected chi connectivity index (χ2v) is 6.31. The van der Waals surface area contributed by atoms with Crippen LogP contribution in [-0.2, 0) is 17.9 Å². The van der Waals surface area contributed by atoms with Gasteiger partial charge in [0.25, 0.3) is 0 Å². The highest BCUT2D eigenvalue weighted by atomic mass is 32.1. The van der Waals surface area contributed by atoms with E-state index >= 15 is 0 Å². The first-order valence-corrected chi connectivity index (χ1v) is 8.15. The van der Waals surface area contributed by atoms with E-state index in [0.29, 0.717) is 12.2 Å². The minimum atomic E-state index is -0.187. The topological polar surface area (TPSA) is 25.4 Å². The van der Waals surface area contributed by atoms with Crippen molar-refractivity contribution in [3.8, 4) is 0 Å². The van der Waals surface area contributed by atoms with Crippen molar-refractivity contribution in [3.63, 3.8) is 0 Å². The molecule has 0 amide bonds. The second kappa shape index (κ2) is 7.11. The number of hydrogen-bond acceptors (Lipinski definition) is 4. The Bertz CT molecular complexity index is 561. The van der Waals surface area contributed by atoms with Crippen LogP contribution >= 0.6 is 11.3 Å². The monoisotopic (exact) mass is 306 g/mol. The molecule has 0 N–H and O–H groups in total. The third-order valence-electron chi connectivity index (χ3n) is 3.74. The summed E-state index contributed by atoms with van der Waals surface area (Å²) < 4.78 is 19.5. The van der Waals surface area contributed by atoms with Crippen LogP contribution in [0.3, 0.4) is 0 Å². The minimum Gasteiger partial charge on any atom is -0.372 e. The number of piperidine rings is 1. The van der Waals surface area contributed by atoms with Gasteiger partial charge in [0.1, 0.15) is 10.8 Å². The Balaban J connectivity index is 1.51. The van der Waals surface area contributed by atoms with Crippen molar-refractivity contribution in [1.82, 2.24) is 9.88 Å². The van der Waals surface area contributed by atoms with E-state index in [2.05, 4.69) is 9.88 Å². The molecule has 112 valence electrons. The molecule has 5 heteroatoms. The fraction of sp³-hybridized carbons (Fsp3) is 0.438. The maximum atomic E-state index is 13.6. The predicted molar refractivity (Wildman–Crippen MR) is 81.6 cm³/mol. The van der Waals surface area contributed by atoms with Crippen LogP contribution in [0.1, 0.15) is 23.4 Å². The summed E-state index contributed by atoms with van der Waals surface area (Å²) in [5.74, 6) is -0.187. The summed E-state index contributed by atoms with van der Waals surface area (Å²) >= 11 is 1.69. The molecule has 21 heavy (non-hydrogen) atoms. The number of likely N-dealkylation sites (tertiary alicyclic amines) is 1. The smallest absolute Gasteiger partial charge is 0.128 e. The van der Waals surface area contributed by atoms with Crippen molar-refractivity contribution in [1.29, 1.82) is 0 Å². The summed E-state index contributed by atoms with van der Waals surface area (Å²) in [7, 11) is 0. The molecule has 0 bridgehead atoms. The van der Waals surface area contributed by atoms with Gasteiger partial charge >= 0.3 is 0 Å². The zero-order valence-electron chi connectivity index (χ0n) is 11.9. The van der Waals surface area contributed by atoms with E-state index in [1.54, 1.807) is 23.5 Å². The van der Waals surface area contributed by atoms with Gasteiger partial charge in [-0.05, 0) is 25.5 Å². The summed E-state index contributed by atoms with van der Waals surface area (Å²) in [5, 5.41) is 3.15. The number of rotatable bonds is 5. The summed E-state index contributed by atoms with van der Waals surface area (Å²) in [6, 6.07) is 6.81. The molecule has 0 saturated carbocycles. The maximum absolute atomic E-state index is 13.6. The van der Waals surface area contributed by atoms with Gasteiger partial charge in [0.15, 0.2) is 0 Å². The quantitative estimate of drug-likeness (QED) is 0.846. The van der Waals surface area contributed by atoms with E-state index in [4.69, 9.17) is 4.74 Å². The van der Waals surface area contributed by atoms with Crippen LogP contribution in [0.2, 0.25) is 0 Å². The van der Waals surface area contributed by atoms with E-state index in [1.165, 1.54) is 6.07 Å². The molecule has 1 saturated heterocycles. The molecule has 1 fully saturated rings. The molecule has 3 rings (SSSR count). The Morgan fingerprint density at radius 3 is 3.10 bits per heavy atom. The Morgan fingerprint density at radius 2 is 2.29 bits per heavy atom. The summed E-state index contributed by atoms with van der Waals surface area (Å²) in [5.41, 5.74) is 0.634. The van der Waals surface area contributed by atoms with Crippen molar-refractivity contribution in [3.05, 3.63) is 52.2 Å². The summed E-state index contributed by atoms with van der Waals surface area (Å²) in [6.07, 6.45) is 4.19.